The van der Waals surface area contributed by atoms with Crippen LogP contribution >= 0.6 is 0 Å². The molecule has 2 fully saturated rings. The SMILES string of the molecule is COCC1(C(=O)NCCCN2CCCCC2)CCNCC1. The van der Waals surface area contributed by atoms with Crippen molar-refractivity contribution < 1.29 is 9.53 Å². The summed E-state index contributed by atoms with van der Waals surface area (Å²) in [6.45, 7) is 6.70. The molecule has 0 aliphatic carbocycles. The summed E-state index contributed by atoms with van der Waals surface area (Å²) in [7, 11) is 1.69. The number of hydrogen-bond acceptors (Lipinski definition) is 4. The van der Waals surface area contributed by atoms with Gasteiger partial charge < -0.3 is 20.3 Å². The van der Waals surface area contributed by atoms with Crippen molar-refractivity contribution in [1.82, 2.24) is 15.5 Å². The van der Waals surface area contributed by atoms with Crippen LogP contribution in [-0.4, -0.2) is 63.8 Å². The van der Waals surface area contributed by atoms with Gasteiger partial charge >= 0.3 is 0 Å². The van der Waals surface area contributed by atoms with Crippen molar-refractivity contribution in [3.8, 4) is 0 Å². The number of piperidine rings is 2. The van der Waals surface area contributed by atoms with E-state index in [4.69, 9.17) is 4.74 Å². The van der Waals surface area contributed by atoms with Gasteiger partial charge in [-0.05, 0) is 64.8 Å². The highest BCUT2D eigenvalue weighted by molar-refractivity contribution is 5.82. The smallest absolute Gasteiger partial charge is 0.228 e. The maximum Gasteiger partial charge on any atom is 0.228 e. The summed E-state index contributed by atoms with van der Waals surface area (Å²) in [5, 5.41) is 6.47. The van der Waals surface area contributed by atoms with Gasteiger partial charge in [-0.25, -0.2) is 0 Å². The lowest BCUT2D eigenvalue weighted by atomic mass is 9.78. The highest BCUT2D eigenvalue weighted by atomic mass is 16.5. The molecule has 1 amide bonds. The topological polar surface area (TPSA) is 53.6 Å². The van der Waals surface area contributed by atoms with E-state index < -0.39 is 0 Å². The van der Waals surface area contributed by atoms with Gasteiger partial charge in [0, 0.05) is 13.7 Å². The Bertz CT molecular complexity index is 305. The molecule has 2 aliphatic heterocycles. The zero-order valence-corrected chi connectivity index (χ0v) is 13.5. The Labute approximate surface area is 128 Å². The molecule has 0 saturated carbocycles. The van der Waals surface area contributed by atoms with Crippen molar-refractivity contribution in [2.75, 3.05) is 53.0 Å². The summed E-state index contributed by atoms with van der Waals surface area (Å²) in [6.07, 6.45) is 6.83. The molecule has 0 aromatic carbocycles. The maximum absolute atomic E-state index is 12.5. The highest BCUT2D eigenvalue weighted by Crippen LogP contribution is 2.29. The Morgan fingerprint density at radius 1 is 1.24 bits per heavy atom. The standard InChI is InChI=1S/C16H31N3O2/c1-21-14-16(6-9-17-10-7-16)15(20)18-8-5-13-19-11-3-2-4-12-19/h17H,2-14H2,1H3,(H,18,20). The molecule has 2 rings (SSSR count). The van der Waals surface area contributed by atoms with Gasteiger partial charge in [-0.1, -0.05) is 6.42 Å². The summed E-state index contributed by atoms with van der Waals surface area (Å²) >= 11 is 0. The summed E-state index contributed by atoms with van der Waals surface area (Å²) < 4.78 is 5.31. The third kappa shape index (κ3) is 4.94. The van der Waals surface area contributed by atoms with Gasteiger partial charge in [0.15, 0.2) is 0 Å². The second-order valence-corrected chi connectivity index (χ2v) is 6.48. The predicted molar refractivity (Wildman–Crippen MR) is 84.3 cm³/mol. The molecule has 0 atom stereocenters. The van der Waals surface area contributed by atoms with Crippen LogP contribution in [0.15, 0.2) is 0 Å². The van der Waals surface area contributed by atoms with Crippen molar-refractivity contribution in [2.24, 2.45) is 5.41 Å². The number of hydrogen-bond donors (Lipinski definition) is 2. The zero-order valence-electron chi connectivity index (χ0n) is 13.5. The molecule has 0 unspecified atom stereocenters. The first kappa shape index (κ1) is 16.7. The van der Waals surface area contributed by atoms with Gasteiger partial charge in [-0.2, -0.15) is 0 Å². The van der Waals surface area contributed by atoms with Crippen LogP contribution in [0.25, 0.3) is 0 Å². The molecule has 21 heavy (non-hydrogen) atoms. The minimum Gasteiger partial charge on any atom is -0.384 e. The minimum atomic E-state index is -0.314. The van der Waals surface area contributed by atoms with E-state index in [1.54, 1.807) is 7.11 Å². The van der Waals surface area contributed by atoms with E-state index >= 15 is 0 Å². The van der Waals surface area contributed by atoms with E-state index in [9.17, 15) is 4.79 Å². The number of likely N-dealkylation sites (tertiary alicyclic amines) is 1. The fourth-order valence-electron chi connectivity index (χ4n) is 3.49. The fraction of sp³-hybridized carbons (Fsp3) is 0.938. The molecule has 0 aromatic heterocycles. The number of carbonyl (C=O) groups is 1. The van der Waals surface area contributed by atoms with Crippen LogP contribution < -0.4 is 10.6 Å². The van der Waals surface area contributed by atoms with E-state index in [2.05, 4.69) is 15.5 Å². The average Bonchev–Trinajstić information content (AvgIpc) is 2.53. The van der Waals surface area contributed by atoms with Crippen LogP contribution in [0.3, 0.4) is 0 Å². The molecule has 0 spiro atoms. The Hall–Kier alpha value is -0.650. The molecule has 122 valence electrons. The normalized spacial score (nSPS) is 22.9. The first-order valence-electron chi connectivity index (χ1n) is 8.47. The molecule has 2 N–H and O–H groups in total. The van der Waals surface area contributed by atoms with E-state index in [-0.39, 0.29) is 11.3 Å². The molecular formula is C16H31N3O2. The summed E-state index contributed by atoms with van der Waals surface area (Å²) in [4.78, 5) is 15.0. The summed E-state index contributed by atoms with van der Waals surface area (Å²) in [5.74, 6) is 0.185. The average molecular weight is 297 g/mol. The summed E-state index contributed by atoms with van der Waals surface area (Å²) in [5.41, 5.74) is -0.314. The Morgan fingerprint density at radius 3 is 2.62 bits per heavy atom. The largest absolute Gasteiger partial charge is 0.384 e. The van der Waals surface area contributed by atoms with Crippen molar-refractivity contribution in [3.05, 3.63) is 0 Å². The van der Waals surface area contributed by atoms with Gasteiger partial charge in [0.1, 0.15) is 0 Å². The zero-order chi connectivity index (χ0) is 15.0. The molecule has 2 aliphatic rings. The van der Waals surface area contributed by atoms with Gasteiger partial charge in [-0.15, -0.1) is 0 Å². The first-order valence-corrected chi connectivity index (χ1v) is 8.47. The van der Waals surface area contributed by atoms with Gasteiger partial charge in [0.2, 0.25) is 5.91 Å². The molecule has 0 aromatic rings. The fourth-order valence-corrected chi connectivity index (χ4v) is 3.49. The number of nitrogens with zero attached hydrogens (tertiary/aromatic N) is 1. The Balaban J connectivity index is 1.69. The number of rotatable bonds is 7. The van der Waals surface area contributed by atoms with Gasteiger partial charge in [0.25, 0.3) is 0 Å². The first-order chi connectivity index (χ1) is 10.3. The lowest BCUT2D eigenvalue weighted by molar-refractivity contribution is -0.136. The molecule has 5 nitrogen and oxygen atoms in total. The Morgan fingerprint density at radius 2 is 1.95 bits per heavy atom. The van der Waals surface area contributed by atoms with Crippen molar-refractivity contribution in [2.45, 2.75) is 38.5 Å². The predicted octanol–water partition coefficient (Wildman–Crippen LogP) is 0.995. The summed E-state index contributed by atoms with van der Waals surface area (Å²) in [6, 6.07) is 0. The van der Waals surface area contributed by atoms with Gasteiger partial charge in [0.05, 0.1) is 12.0 Å². The lowest BCUT2D eigenvalue weighted by Crippen LogP contribution is -2.50. The number of ether oxygens (including phenoxy) is 1. The number of methoxy groups -OCH3 is 1. The molecule has 5 heteroatoms. The van der Waals surface area contributed by atoms with Crippen LogP contribution in [0, 0.1) is 5.41 Å². The third-order valence-electron chi connectivity index (χ3n) is 4.85. The van der Waals surface area contributed by atoms with E-state index in [0.29, 0.717) is 6.61 Å². The van der Waals surface area contributed by atoms with Crippen LogP contribution in [0.2, 0.25) is 0 Å². The number of amides is 1. The minimum absolute atomic E-state index is 0.185. The molecule has 0 radical (unpaired) electrons. The van der Waals surface area contributed by atoms with Crippen LogP contribution in [0.4, 0.5) is 0 Å². The van der Waals surface area contributed by atoms with Crippen LogP contribution in [0.1, 0.15) is 38.5 Å². The number of nitrogens with one attached hydrogen (secondary N) is 2. The highest BCUT2D eigenvalue weighted by Gasteiger charge is 2.39. The van der Waals surface area contributed by atoms with Crippen LogP contribution in [-0.2, 0) is 9.53 Å². The molecule has 0 bridgehead atoms. The van der Waals surface area contributed by atoms with Crippen molar-refractivity contribution in [3.63, 3.8) is 0 Å². The third-order valence-corrected chi connectivity index (χ3v) is 4.85. The van der Waals surface area contributed by atoms with Crippen molar-refractivity contribution >= 4 is 5.91 Å². The Kier molecular flexibility index (Phi) is 6.93. The van der Waals surface area contributed by atoms with Crippen LogP contribution in [0.5, 0.6) is 0 Å². The maximum atomic E-state index is 12.5. The van der Waals surface area contributed by atoms with E-state index in [1.165, 1.54) is 32.4 Å². The number of carbonyl (C=O) groups excluding carboxylic acids is 1. The monoisotopic (exact) mass is 297 g/mol. The van der Waals surface area contributed by atoms with Gasteiger partial charge in [-0.3, -0.25) is 4.79 Å². The van der Waals surface area contributed by atoms with Crippen molar-refractivity contribution in [1.29, 1.82) is 0 Å². The van der Waals surface area contributed by atoms with E-state index in [1.807, 2.05) is 0 Å². The second-order valence-electron chi connectivity index (χ2n) is 6.48. The molecule has 2 heterocycles. The second kappa shape index (κ2) is 8.71. The molecule has 2 saturated heterocycles. The quantitative estimate of drug-likeness (QED) is 0.688. The lowest BCUT2D eigenvalue weighted by Gasteiger charge is -2.35. The molecular weight excluding hydrogens is 266 g/mol. The van der Waals surface area contributed by atoms with E-state index in [0.717, 1.165) is 45.4 Å².